The molecule has 8 heteroatoms. The minimum Gasteiger partial charge on any atom is -0.464 e. The molecule has 130 valence electrons. The van der Waals surface area contributed by atoms with Gasteiger partial charge in [0.15, 0.2) is 5.69 Å². The number of aromatic nitrogens is 3. The van der Waals surface area contributed by atoms with Crippen molar-refractivity contribution >= 4 is 28.6 Å². The normalized spacial score (nSPS) is 10.9. The highest BCUT2D eigenvalue weighted by molar-refractivity contribution is 6.10. The van der Waals surface area contributed by atoms with Crippen LogP contribution < -0.4 is 5.32 Å². The van der Waals surface area contributed by atoms with Crippen LogP contribution in [-0.4, -0.2) is 33.7 Å². The zero-order valence-electron chi connectivity index (χ0n) is 14.4. The minimum absolute atomic E-state index is 0.0957. The molecule has 0 spiro atoms. The molecule has 0 bridgehead atoms. The third-order valence-electron chi connectivity index (χ3n) is 4.11. The lowest BCUT2D eigenvalue weighted by atomic mass is 10.1. The van der Waals surface area contributed by atoms with Crippen molar-refractivity contribution in [2.75, 3.05) is 12.4 Å². The van der Waals surface area contributed by atoms with Crippen molar-refractivity contribution in [3.8, 4) is 0 Å². The SMILES string of the molecule is COC(=O)c1c(NC(=O)Cc2c(C)noc2C)c2cccnc2n1C. The Labute approximate surface area is 143 Å². The van der Waals surface area contributed by atoms with Gasteiger partial charge in [0.05, 0.1) is 24.9 Å². The zero-order chi connectivity index (χ0) is 18.1. The Kier molecular flexibility index (Phi) is 4.26. The first-order valence-electron chi connectivity index (χ1n) is 7.67. The number of hydrogen-bond donors (Lipinski definition) is 1. The summed E-state index contributed by atoms with van der Waals surface area (Å²) >= 11 is 0. The van der Waals surface area contributed by atoms with E-state index in [1.165, 1.54) is 7.11 Å². The van der Waals surface area contributed by atoms with Crippen molar-refractivity contribution in [3.05, 3.63) is 41.0 Å². The van der Waals surface area contributed by atoms with E-state index >= 15 is 0 Å². The summed E-state index contributed by atoms with van der Waals surface area (Å²) in [7, 11) is 2.99. The van der Waals surface area contributed by atoms with E-state index in [1.54, 1.807) is 43.8 Å². The second-order valence-electron chi connectivity index (χ2n) is 5.68. The molecule has 0 atom stereocenters. The maximum absolute atomic E-state index is 12.5. The number of esters is 1. The van der Waals surface area contributed by atoms with E-state index in [1.807, 2.05) is 0 Å². The Hall–Kier alpha value is -3.16. The van der Waals surface area contributed by atoms with Crippen LogP contribution in [0.15, 0.2) is 22.9 Å². The number of amides is 1. The summed E-state index contributed by atoms with van der Waals surface area (Å²) < 4.78 is 11.5. The molecular formula is C17H18N4O4. The summed E-state index contributed by atoms with van der Waals surface area (Å²) in [6.07, 6.45) is 1.72. The fraction of sp³-hybridized carbons (Fsp3) is 0.294. The first-order chi connectivity index (χ1) is 11.9. The van der Waals surface area contributed by atoms with Gasteiger partial charge in [-0.3, -0.25) is 4.79 Å². The number of hydrogen-bond acceptors (Lipinski definition) is 6. The predicted molar refractivity (Wildman–Crippen MR) is 90.4 cm³/mol. The average molecular weight is 342 g/mol. The minimum atomic E-state index is -0.548. The van der Waals surface area contributed by atoms with E-state index < -0.39 is 5.97 Å². The fourth-order valence-electron chi connectivity index (χ4n) is 2.82. The number of aryl methyl sites for hydroxylation is 3. The molecule has 3 heterocycles. The van der Waals surface area contributed by atoms with E-state index in [0.717, 1.165) is 5.56 Å². The van der Waals surface area contributed by atoms with E-state index in [4.69, 9.17) is 9.26 Å². The highest BCUT2D eigenvalue weighted by Crippen LogP contribution is 2.30. The second-order valence-corrected chi connectivity index (χ2v) is 5.68. The number of anilines is 1. The van der Waals surface area contributed by atoms with Gasteiger partial charge < -0.3 is 19.1 Å². The molecule has 0 aliphatic heterocycles. The monoisotopic (exact) mass is 342 g/mol. The highest BCUT2D eigenvalue weighted by Gasteiger charge is 2.24. The lowest BCUT2D eigenvalue weighted by molar-refractivity contribution is -0.115. The summed E-state index contributed by atoms with van der Waals surface area (Å²) in [5.41, 5.74) is 2.60. The molecule has 0 unspecified atom stereocenters. The molecule has 3 rings (SSSR count). The van der Waals surface area contributed by atoms with Gasteiger partial charge in [-0.25, -0.2) is 9.78 Å². The molecule has 3 aromatic rings. The van der Waals surface area contributed by atoms with Gasteiger partial charge in [0.2, 0.25) is 5.91 Å². The van der Waals surface area contributed by atoms with E-state index in [2.05, 4.69) is 15.5 Å². The zero-order valence-corrected chi connectivity index (χ0v) is 14.4. The molecule has 0 saturated carbocycles. The smallest absolute Gasteiger partial charge is 0.356 e. The molecule has 0 fully saturated rings. The van der Waals surface area contributed by atoms with Crippen molar-refractivity contribution in [1.82, 2.24) is 14.7 Å². The third-order valence-corrected chi connectivity index (χ3v) is 4.11. The van der Waals surface area contributed by atoms with Crippen LogP contribution in [0.2, 0.25) is 0 Å². The topological polar surface area (TPSA) is 99.2 Å². The van der Waals surface area contributed by atoms with Crippen molar-refractivity contribution in [3.63, 3.8) is 0 Å². The highest BCUT2D eigenvalue weighted by atomic mass is 16.5. The quantitative estimate of drug-likeness (QED) is 0.729. The van der Waals surface area contributed by atoms with Gasteiger partial charge in [0.1, 0.15) is 11.4 Å². The Morgan fingerprint density at radius 2 is 2.12 bits per heavy atom. The molecule has 25 heavy (non-hydrogen) atoms. The second kappa shape index (κ2) is 6.39. The standard InChI is InChI=1S/C17H18N4O4/c1-9-12(10(2)25-20-9)8-13(22)19-14-11-6-5-7-18-16(11)21(3)15(14)17(23)24-4/h5-7H,8H2,1-4H3,(H,19,22). The van der Waals surface area contributed by atoms with Crippen LogP contribution in [-0.2, 0) is 23.0 Å². The van der Waals surface area contributed by atoms with Gasteiger partial charge in [-0.15, -0.1) is 0 Å². The Morgan fingerprint density at radius 3 is 2.76 bits per heavy atom. The van der Waals surface area contributed by atoms with Crippen molar-refractivity contribution in [1.29, 1.82) is 0 Å². The number of nitrogens with zero attached hydrogens (tertiary/aromatic N) is 3. The van der Waals surface area contributed by atoms with Gasteiger partial charge in [-0.05, 0) is 26.0 Å². The molecule has 0 saturated heterocycles. The molecule has 0 aromatic carbocycles. The molecule has 1 N–H and O–H groups in total. The van der Waals surface area contributed by atoms with Crippen molar-refractivity contribution < 1.29 is 18.8 Å². The number of ether oxygens (including phenoxy) is 1. The lowest BCUT2D eigenvalue weighted by Crippen LogP contribution is -2.18. The Balaban J connectivity index is 2.00. The largest absolute Gasteiger partial charge is 0.464 e. The summed E-state index contributed by atoms with van der Waals surface area (Å²) in [5, 5.41) is 7.32. The molecule has 1 amide bonds. The van der Waals surface area contributed by atoms with Gasteiger partial charge in [-0.1, -0.05) is 5.16 Å². The number of fused-ring (bicyclic) bond motifs is 1. The van der Waals surface area contributed by atoms with E-state index in [-0.39, 0.29) is 18.0 Å². The number of pyridine rings is 1. The van der Waals surface area contributed by atoms with Crippen molar-refractivity contribution in [2.45, 2.75) is 20.3 Å². The van der Waals surface area contributed by atoms with Gasteiger partial charge in [0.25, 0.3) is 0 Å². The maximum Gasteiger partial charge on any atom is 0.356 e. The summed E-state index contributed by atoms with van der Waals surface area (Å²) in [6.45, 7) is 3.53. The van der Waals surface area contributed by atoms with Crippen LogP contribution in [0, 0.1) is 13.8 Å². The van der Waals surface area contributed by atoms with E-state index in [0.29, 0.717) is 28.2 Å². The lowest BCUT2D eigenvalue weighted by Gasteiger charge is -2.07. The molecule has 0 aliphatic rings. The number of methoxy groups -OCH3 is 1. The molecular weight excluding hydrogens is 324 g/mol. The van der Waals surface area contributed by atoms with Crippen LogP contribution in [0.3, 0.4) is 0 Å². The number of carbonyl (C=O) groups excluding carboxylic acids is 2. The molecule has 3 aromatic heterocycles. The first kappa shape index (κ1) is 16.7. The van der Waals surface area contributed by atoms with Crippen LogP contribution >= 0.6 is 0 Å². The van der Waals surface area contributed by atoms with Crippen LogP contribution in [0.5, 0.6) is 0 Å². The fourth-order valence-corrected chi connectivity index (χ4v) is 2.82. The first-order valence-corrected chi connectivity index (χ1v) is 7.67. The van der Waals surface area contributed by atoms with Gasteiger partial charge in [-0.2, -0.15) is 0 Å². The Bertz CT molecular complexity index is 951. The van der Waals surface area contributed by atoms with E-state index in [9.17, 15) is 9.59 Å². The molecule has 0 radical (unpaired) electrons. The average Bonchev–Trinajstić information content (AvgIpc) is 3.06. The van der Waals surface area contributed by atoms with Gasteiger partial charge >= 0.3 is 5.97 Å². The molecule has 0 aliphatic carbocycles. The third kappa shape index (κ3) is 2.86. The van der Waals surface area contributed by atoms with Crippen molar-refractivity contribution in [2.24, 2.45) is 7.05 Å². The van der Waals surface area contributed by atoms with Crippen LogP contribution in [0.1, 0.15) is 27.5 Å². The summed E-state index contributed by atoms with van der Waals surface area (Å²) in [4.78, 5) is 29.0. The number of carbonyl (C=O) groups is 2. The predicted octanol–water partition coefficient (Wildman–Crippen LogP) is 2.15. The number of rotatable bonds is 4. The van der Waals surface area contributed by atoms with Crippen LogP contribution in [0.25, 0.3) is 11.0 Å². The molecule has 8 nitrogen and oxygen atoms in total. The summed E-state index contributed by atoms with van der Waals surface area (Å²) in [6, 6.07) is 3.54. The van der Waals surface area contributed by atoms with Crippen LogP contribution in [0.4, 0.5) is 5.69 Å². The Morgan fingerprint density at radius 1 is 1.36 bits per heavy atom. The maximum atomic E-state index is 12.5. The summed E-state index contributed by atoms with van der Waals surface area (Å²) in [5.74, 6) is -0.232. The number of nitrogens with one attached hydrogen (secondary N) is 1. The van der Waals surface area contributed by atoms with Gasteiger partial charge in [0, 0.05) is 24.2 Å².